The molecule has 70 valence electrons. The number of halogens is 1. The van der Waals surface area contributed by atoms with E-state index in [4.69, 9.17) is 11.6 Å². The number of carbonyl (C=O) groups is 1. The molecule has 0 aromatic carbocycles. The molecule has 0 aliphatic carbocycles. The van der Waals surface area contributed by atoms with E-state index in [0.29, 0.717) is 5.82 Å². The zero-order chi connectivity index (χ0) is 10.2. The minimum Gasteiger partial charge on any atom is -0.358 e. The molecular formula is C6H6ClN3O3. The van der Waals surface area contributed by atoms with Crippen molar-refractivity contribution in [1.82, 2.24) is 9.55 Å². The van der Waals surface area contributed by atoms with E-state index in [1.807, 2.05) is 0 Å². The van der Waals surface area contributed by atoms with Crippen molar-refractivity contribution in [3.63, 3.8) is 0 Å². The molecule has 0 atom stereocenters. The Hall–Kier alpha value is -1.43. The first-order valence-electron chi connectivity index (χ1n) is 3.32. The number of nitrogens with zero attached hydrogens (tertiary/aromatic N) is 3. The second-order valence-electron chi connectivity index (χ2n) is 2.42. The molecule has 0 unspecified atom stereocenters. The van der Waals surface area contributed by atoms with Gasteiger partial charge in [0, 0.05) is 14.0 Å². The molecule has 0 aliphatic heterocycles. The summed E-state index contributed by atoms with van der Waals surface area (Å²) in [6.07, 6.45) is 0. The highest BCUT2D eigenvalue weighted by atomic mass is 35.5. The van der Waals surface area contributed by atoms with Crippen LogP contribution in [0.25, 0.3) is 0 Å². The third kappa shape index (κ3) is 1.52. The van der Waals surface area contributed by atoms with Gasteiger partial charge in [0.25, 0.3) is 5.24 Å². The van der Waals surface area contributed by atoms with Crippen LogP contribution in [0.4, 0.5) is 5.82 Å². The van der Waals surface area contributed by atoms with E-state index in [-0.39, 0.29) is 5.69 Å². The van der Waals surface area contributed by atoms with Crippen LogP contribution in [0.3, 0.4) is 0 Å². The largest absolute Gasteiger partial charge is 0.394 e. The van der Waals surface area contributed by atoms with Gasteiger partial charge in [-0.1, -0.05) is 0 Å². The molecule has 6 nitrogen and oxygen atoms in total. The van der Waals surface area contributed by atoms with Crippen LogP contribution in [0, 0.1) is 17.0 Å². The lowest BCUT2D eigenvalue weighted by molar-refractivity contribution is -0.389. The van der Waals surface area contributed by atoms with Gasteiger partial charge in [-0.2, -0.15) is 0 Å². The van der Waals surface area contributed by atoms with Crippen LogP contribution in [-0.4, -0.2) is 19.7 Å². The first kappa shape index (κ1) is 9.66. The van der Waals surface area contributed by atoms with Crippen LogP contribution in [-0.2, 0) is 7.05 Å². The average molecular weight is 204 g/mol. The minimum atomic E-state index is -0.880. The summed E-state index contributed by atoms with van der Waals surface area (Å²) in [5.74, 6) is -0.129. The van der Waals surface area contributed by atoms with E-state index < -0.39 is 16.0 Å². The van der Waals surface area contributed by atoms with Gasteiger partial charge < -0.3 is 14.7 Å². The average Bonchev–Trinajstić information content (AvgIpc) is 2.28. The van der Waals surface area contributed by atoms with Crippen LogP contribution < -0.4 is 0 Å². The first-order chi connectivity index (χ1) is 5.95. The Balaban J connectivity index is 3.44. The van der Waals surface area contributed by atoms with Crippen molar-refractivity contribution in [2.45, 2.75) is 6.92 Å². The summed E-state index contributed by atoms with van der Waals surface area (Å²) in [4.78, 5) is 24.1. The molecule has 13 heavy (non-hydrogen) atoms. The molecule has 0 spiro atoms. The highest BCUT2D eigenvalue weighted by molar-refractivity contribution is 6.67. The van der Waals surface area contributed by atoms with Gasteiger partial charge >= 0.3 is 5.82 Å². The monoisotopic (exact) mass is 203 g/mol. The zero-order valence-corrected chi connectivity index (χ0v) is 7.70. The van der Waals surface area contributed by atoms with Crippen molar-refractivity contribution >= 4 is 22.7 Å². The van der Waals surface area contributed by atoms with E-state index in [1.54, 1.807) is 6.92 Å². The van der Waals surface area contributed by atoms with Crippen molar-refractivity contribution in [1.29, 1.82) is 0 Å². The van der Waals surface area contributed by atoms with Crippen molar-refractivity contribution < 1.29 is 9.72 Å². The number of aryl methyl sites for hydroxylation is 1. The first-order valence-corrected chi connectivity index (χ1v) is 3.70. The maximum atomic E-state index is 10.8. The number of hydrogen-bond acceptors (Lipinski definition) is 4. The third-order valence-corrected chi connectivity index (χ3v) is 1.84. The molecule has 1 rings (SSSR count). The molecule has 1 aromatic heterocycles. The molecule has 1 heterocycles. The molecule has 0 radical (unpaired) electrons. The Morgan fingerprint density at radius 2 is 2.23 bits per heavy atom. The molecular weight excluding hydrogens is 198 g/mol. The highest BCUT2D eigenvalue weighted by Gasteiger charge is 2.27. The van der Waals surface area contributed by atoms with E-state index in [2.05, 4.69) is 4.98 Å². The number of aromatic nitrogens is 2. The Bertz CT molecular complexity index is 385. The second-order valence-corrected chi connectivity index (χ2v) is 2.76. The molecule has 0 N–H and O–H groups in total. The topological polar surface area (TPSA) is 78.0 Å². The Morgan fingerprint density at radius 1 is 1.69 bits per heavy atom. The van der Waals surface area contributed by atoms with Gasteiger partial charge in [0.05, 0.1) is 0 Å². The third-order valence-electron chi connectivity index (χ3n) is 1.66. The van der Waals surface area contributed by atoms with E-state index >= 15 is 0 Å². The molecule has 7 heteroatoms. The molecule has 0 aliphatic rings. The number of imidazole rings is 1. The predicted molar refractivity (Wildman–Crippen MR) is 44.8 cm³/mol. The summed E-state index contributed by atoms with van der Waals surface area (Å²) in [7, 11) is 1.49. The maximum Gasteiger partial charge on any atom is 0.394 e. The zero-order valence-electron chi connectivity index (χ0n) is 6.94. The second kappa shape index (κ2) is 3.14. The van der Waals surface area contributed by atoms with E-state index in [1.165, 1.54) is 11.6 Å². The van der Waals surface area contributed by atoms with Crippen molar-refractivity contribution in [2.75, 3.05) is 0 Å². The van der Waals surface area contributed by atoms with Gasteiger partial charge in [-0.15, -0.1) is 0 Å². The number of rotatable bonds is 2. The van der Waals surface area contributed by atoms with Crippen LogP contribution in [0.15, 0.2) is 0 Å². The standard InChI is InChI=1S/C6H6ClN3O3/c1-3-8-6(10(12)13)4(5(7)11)9(3)2/h1-2H3. The Labute approximate surface area is 78.3 Å². The Kier molecular flexibility index (Phi) is 2.33. The summed E-state index contributed by atoms with van der Waals surface area (Å²) in [6.45, 7) is 1.55. The number of hydrogen-bond donors (Lipinski definition) is 0. The quantitative estimate of drug-likeness (QED) is 0.408. The summed E-state index contributed by atoms with van der Waals surface area (Å²) in [6, 6.07) is 0. The van der Waals surface area contributed by atoms with Crippen molar-refractivity contribution in [3.05, 3.63) is 21.6 Å². The van der Waals surface area contributed by atoms with Crippen molar-refractivity contribution in [3.8, 4) is 0 Å². The fourth-order valence-electron chi connectivity index (χ4n) is 0.940. The smallest absolute Gasteiger partial charge is 0.358 e. The minimum absolute atomic E-state index is 0.191. The number of carbonyl (C=O) groups excluding carboxylic acids is 1. The van der Waals surface area contributed by atoms with Gasteiger partial charge in [0.1, 0.15) is 0 Å². The van der Waals surface area contributed by atoms with Crippen LogP contribution >= 0.6 is 11.6 Å². The van der Waals surface area contributed by atoms with Gasteiger partial charge in [-0.05, 0) is 21.5 Å². The summed E-state index contributed by atoms with van der Waals surface area (Å²) < 4.78 is 1.29. The van der Waals surface area contributed by atoms with Gasteiger partial charge in [-0.25, -0.2) is 0 Å². The maximum absolute atomic E-state index is 10.8. The summed E-state index contributed by atoms with van der Waals surface area (Å²) in [5.41, 5.74) is -0.191. The lowest BCUT2D eigenvalue weighted by Crippen LogP contribution is -2.03. The molecule has 0 bridgehead atoms. The fourth-order valence-corrected chi connectivity index (χ4v) is 1.15. The van der Waals surface area contributed by atoms with Crippen LogP contribution in [0.2, 0.25) is 0 Å². The summed E-state index contributed by atoms with van der Waals surface area (Å²) >= 11 is 5.17. The lowest BCUT2D eigenvalue weighted by Gasteiger charge is -1.94. The van der Waals surface area contributed by atoms with E-state index in [0.717, 1.165) is 0 Å². The molecule has 0 saturated carbocycles. The van der Waals surface area contributed by atoms with E-state index in [9.17, 15) is 14.9 Å². The van der Waals surface area contributed by atoms with Crippen molar-refractivity contribution in [2.24, 2.45) is 7.05 Å². The molecule has 1 aromatic rings. The van der Waals surface area contributed by atoms with Crippen LogP contribution in [0.5, 0.6) is 0 Å². The number of nitro groups is 1. The molecule has 0 saturated heterocycles. The lowest BCUT2D eigenvalue weighted by atomic mass is 10.4. The predicted octanol–water partition coefficient (Wildman–Crippen LogP) is 1.02. The van der Waals surface area contributed by atoms with Crippen LogP contribution in [0.1, 0.15) is 16.3 Å². The Morgan fingerprint density at radius 3 is 2.54 bits per heavy atom. The summed E-state index contributed by atoms with van der Waals surface area (Å²) in [5, 5.41) is 9.53. The van der Waals surface area contributed by atoms with Gasteiger partial charge in [0.15, 0.2) is 0 Å². The normalized spacial score (nSPS) is 10.1. The SMILES string of the molecule is Cc1nc([N+](=O)[O-])c(C(=O)Cl)n1C. The highest BCUT2D eigenvalue weighted by Crippen LogP contribution is 2.19. The molecule has 0 fully saturated rings. The fraction of sp³-hybridized carbons (Fsp3) is 0.333. The van der Waals surface area contributed by atoms with Gasteiger partial charge in [-0.3, -0.25) is 4.79 Å². The van der Waals surface area contributed by atoms with Gasteiger partial charge in [0.2, 0.25) is 11.5 Å². The molecule has 0 amide bonds.